The summed E-state index contributed by atoms with van der Waals surface area (Å²) in [6.45, 7) is 3.76. The van der Waals surface area contributed by atoms with Crippen LogP contribution in [0.2, 0.25) is 0 Å². The summed E-state index contributed by atoms with van der Waals surface area (Å²) < 4.78 is 13.3. The first-order chi connectivity index (χ1) is 17.1. The lowest BCUT2D eigenvalue weighted by molar-refractivity contribution is -0.139. The Hall–Kier alpha value is -3.78. The minimum absolute atomic E-state index is 0.111. The SMILES string of the molecule is O=C(NCCc1ccccc1)C(=O)NC[C@@H](c1cccnc1)N1CCN(c2ccc(F)cc2)CC1. The molecule has 0 aliphatic carbocycles. The van der Waals surface area contributed by atoms with Crippen LogP contribution in [0.3, 0.4) is 0 Å². The Morgan fingerprint density at radius 3 is 2.29 bits per heavy atom. The molecule has 2 N–H and O–H groups in total. The van der Waals surface area contributed by atoms with E-state index < -0.39 is 11.8 Å². The second kappa shape index (κ2) is 12.1. The molecule has 1 aliphatic heterocycles. The second-order valence-electron chi connectivity index (χ2n) is 8.50. The summed E-state index contributed by atoms with van der Waals surface area (Å²) in [6, 6.07) is 20.1. The van der Waals surface area contributed by atoms with Crippen molar-refractivity contribution in [3.05, 3.63) is 96.1 Å². The molecule has 7 nitrogen and oxygen atoms in total. The fraction of sp³-hybridized carbons (Fsp3) is 0.296. The molecular formula is C27H30FN5O2. The van der Waals surface area contributed by atoms with Crippen molar-refractivity contribution in [2.24, 2.45) is 0 Å². The number of amides is 2. The highest BCUT2D eigenvalue weighted by atomic mass is 19.1. The van der Waals surface area contributed by atoms with E-state index in [1.165, 1.54) is 12.1 Å². The number of carbonyl (C=O) groups is 2. The number of hydrogen-bond donors (Lipinski definition) is 2. The highest BCUT2D eigenvalue weighted by molar-refractivity contribution is 6.35. The predicted octanol–water partition coefficient (Wildman–Crippen LogP) is 2.56. The molecule has 3 aromatic rings. The lowest BCUT2D eigenvalue weighted by Crippen LogP contribution is -2.51. The number of anilines is 1. The first-order valence-electron chi connectivity index (χ1n) is 11.8. The highest BCUT2D eigenvalue weighted by Gasteiger charge is 2.26. The highest BCUT2D eigenvalue weighted by Crippen LogP contribution is 2.23. The molecule has 0 saturated carbocycles. The number of pyridine rings is 1. The molecule has 2 aromatic carbocycles. The van der Waals surface area contributed by atoms with Crippen molar-refractivity contribution in [3.8, 4) is 0 Å². The molecule has 0 unspecified atom stereocenters. The van der Waals surface area contributed by atoms with Crippen molar-refractivity contribution in [2.75, 3.05) is 44.2 Å². The molecule has 1 atom stereocenters. The van der Waals surface area contributed by atoms with E-state index in [9.17, 15) is 14.0 Å². The van der Waals surface area contributed by atoms with Gasteiger partial charge >= 0.3 is 11.8 Å². The van der Waals surface area contributed by atoms with Crippen molar-refractivity contribution in [1.29, 1.82) is 0 Å². The first kappa shape index (κ1) is 24.3. The summed E-state index contributed by atoms with van der Waals surface area (Å²) in [4.78, 5) is 33.5. The van der Waals surface area contributed by atoms with Crippen molar-refractivity contribution >= 4 is 17.5 Å². The van der Waals surface area contributed by atoms with E-state index in [2.05, 4.69) is 25.4 Å². The molecule has 35 heavy (non-hydrogen) atoms. The molecule has 1 fully saturated rings. The van der Waals surface area contributed by atoms with Gasteiger partial charge in [0.2, 0.25) is 0 Å². The fourth-order valence-corrected chi connectivity index (χ4v) is 4.29. The van der Waals surface area contributed by atoms with Crippen LogP contribution in [0.1, 0.15) is 17.2 Å². The largest absolute Gasteiger partial charge is 0.369 e. The quantitative estimate of drug-likeness (QED) is 0.490. The number of nitrogens with zero attached hydrogens (tertiary/aromatic N) is 3. The molecule has 4 rings (SSSR count). The van der Waals surface area contributed by atoms with Gasteiger partial charge in [0.25, 0.3) is 0 Å². The Kier molecular flexibility index (Phi) is 8.40. The number of halogens is 1. The topological polar surface area (TPSA) is 77.6 Å². The van der Waals surface area contributed by atoms with Crippen LogP contribution in [0.5, 0.6) is 0 Å². The number of carbonyl (C=O) groups excluding carboxylic acids is 2. The van der Waals surface area contributed by atoms with Gasteiger partial charge in [-0.3, -0.25) is 19.5 Å². The summed E-state index contributed by atoms with van der Waals surface area (Å²) >= 11 is 0. The third-order valence-electron chi connectivity index (χ3n) is 6.22. The van der Waals surface area contributed by atoms with Gasteiger partial charge in [0.15, 0.2) is 0 Å². The number of benzene rings is 2. The van der Waals surface area contributed by atoms with Crippen molar-refractivity contribution in [2.45, 2.75) is 12.5 Å². The summed E-state index contributed by atoms with van der Waals surface area (Å²) in [5.74, 6) is -1.52. The molecule has 1 saturated heterocycles. The first-order valence-corrected chi connectivity index (χ1v) is 11.8. The van der Waals surface area contributed by atoms with E-state index in [4.69, 9.17) is 0 Å². The van der Waals surface area contributed by atoms with Crippen LogP contribution in [0, 0.1) is 5.82 Å². The van der Waals surface area contributed by atoms with E-state index in [1.807, 2.05) is 42.5 Å². The molecule has 1 aromatic heterocycles. The van der Waals surface area contributed by atoms with Crippen LogP contribution in [-0.4, -0.2) is 61.0 Å². The van der Waals surface area contributed by atoms with Crippen molar-refractivity contribution in [3.63, 3.8) is 0 Å². The predicted molar refractivity (Wildman–Crippen MR) is 133 cm³/mol. The van der Waals surface area contributed by atoms with Gasteiger partial charge in [-0.15, -0.1) is 0 Å². The van der Waals surface area contributed by atoms with E-state index >= 15 is 0 Å². The van der Waals surface area contributed by atoms with Gasteiger partial charge in [-0.05, 0) is 47.9 Å². The molecule has 8 heteroatoms. The van der Waals surface area contributed by atoms with E-state index in [0.29, 0.717) is 19.5 Å². The Labute approximate surface area is 205 Å². The van der Waals surface area contributed by atoms with Gasteiger partial charge in [-0.1, -0.05) is 36.4 Å². The lowest BCUT2D eigenvalue weighted by atomic mass is 10.1. The summed E-state index contributed by atoms with van der Waals surface area (Å²) in [7, 11) is 0. The Bertz CT molecular complexity index is 1090. The van der Waals surface area contributed by atoms with Crippen molar-refractivity contribution in [1.82, 2.24) is 20.5 Å². The van der Waals surface area contributed by atoms with E-state index in [0.717, 1.165) is 43.0 Å². The maximum absolute atomic E-state index is 13.3. The summed E-state index contributed by atoms with van der Waals surface area (Å²) in [5, 5.41) is 5.49. The van der Waals surface area contributed by atoms with Crippen LogP contribution in [0.25, 0.3) is 0 Å². The van der Waals surface area contributed by atoms with Crippen LogP contribution in [0.15, 0.2) is 79.1 Å². The zero-order valence-electron chi connectivity index (χ0n) is 19.6. The fourth-order valence-electron chi connectivity index (χ4n) is 4.29. The number of nitrogens with one attached hydrogen (secondary N) is 2. The van der Waals surface area contributed by atoms with E-state index in [1.54, 1.807) is 24.5 Å². The number of rotatable bonds is 8. The monoisotopic (exact) mass is 475 g/mol. The number of piperazine rings is 1. The molecule has 2 heterocycles. The molecule has 1 aliphatic rings. The average molecular weight is 476 g/mol. The molecule has 0 spiro atoms. The third kappa shape index (κ3) is 6.86. The Morgan fingerprint density at radius 2 is 1.60 bits per heavy atom. The molecule has 182 valence electrons. The zero-order valence-corrected chi connectivity index (χ0v) is 19.6. The molecule has 2 amide bonds. The van der Waals surface area contributed by atoms with Crippen LogP contribution in [0.4, 0.5) is 10.1 Å². The normalized spacial score (nSPS) is 14.8. The zero-order chi connectivity index (χ0) is 24.5. The van der Waals surface area contributed by atoms with Gasteiger partial charge in [-0.25, -0.2) is 4.39 Å². The second-order valence-corrected chi connectivity index (χ2v) is 8.50. The van der Waals surface area contributed by atoms with E-state index in [-0.39, 0.29) is 11.9 Å². The van der Waals surface area contributed by atoms with Gasteiger partial charge in [0, 0.05) is 57.3 Å². The average Bonchev–Trinajstić information content (AvgIpc) is 2.91. The minimum atomic E-state index is -0.642. The van der Waals surface area contributed by atoms with Crippen LogP contribution < -0.4 is 15.5 Å². The molecule has 0 bridgehead atoms. The lowest BCUT2D eigenvalue weighted by Gasteiger charge is -2.40. The summed E-state index contributed by atoms with van der Waals surface area (Å²) in [6.07, 6.45) is 4.17. The van der Waals surface area contributed by atoms with Crippen LogP contribution in [-0.2, 0) is 16.0 Å². The van der Waals surface area contributed by atoms with Crippen molar-refractivity contribution < 1.29 is 14.0 Å². The Balaban J connectivity index is 1.31. The Morgan fingerprint density at radius 1 is 0.886 bits per heavy atom. The van der Waals surface area contributed by atoms with Gasteiger partial charge in [-0.2, -0.15) is 0 Å². The maximum Gasteiger partial charge on any atom is 0.309 e. The van der Waals surface area contributed by atoms with Gasteiger partial charge < -0.3 is 15.5 Å². The van der Waals surface area contributed by atoms with Gasteiger partial charge in [0.1, 0.15) is 5.82 Å². The standard InChI is InChI=1S/C27H30FN5O2/c28-23-8-10-24(11-9-23)32-15-17-33(18-16-32)25(22-7-4-13-29-19-22)20-31-27(35)26(34)30-14-12-21-5-2-1-3-6-21/h1-11,13,19,25H,12,14-18,20H2,(H,30,34)(H,31,35)/t25-/m0/s1. The minimum Gasteiger partial charge on any atom is -0.369 e. The third-order valence-corrected chi connectivity index (χ3v) is 6.22. The molecular weight excluding hydrogens is 445 g/mol. The van der Waals surface area contributed by atoms with Gasteiger partial charge in [0.05, 0.1) is 6.04 Å². The molecule has 0 radical (unpaired) electrons. The van der Waals surface area contributed by atoms with Crippen LogP contribution >= 0.6 is 0 Å². The smallest absolute Gasteiger partial charge is 0.309 e. The number of hydrogen-bond acceptors (Lipinski definition) is 5. The number of aromatic nitrogens is 1. The maximum atomic E-state index is 13.3. The summed E-state index contributed by atoms with van der Waals surface area (Å²) in [5.41, 5.74) is 3.07.